The Bertz CT molecular complexity index is 1170. The highest BCUT2D eigenvalue weighted by atomic mass is 32.1. The molecule has 2 aromatic carbocycles. The smallest absolute Gasteiger partial charge is 0.282 e. The van der Waals surface area contributed by atoms with Gasteiger partial charge in [0, 0.05) is 30.3 Å². The standard InChI is InChI=1S/C25H25N3O3S/c1-16(2)31-20-12-10-17(11-13-20)26-23-22(21-9-6-14-32-21)24(29)28(25(23)30)19-8-5-7-18(15-19)27(3)4/h5-16,26H,1-4H3. The number of nitrogens with zero attached hydrogens (tertiary/aromatic N) is 2. The number of carbonyl (C=O) groups is 2. The quantitative estimate of drug-likeness (QED) is 0.517. The predicted octanol–water partition coefficient (Wildman–Crippen LogP) is 5.00. The van der Waals surface area contributed by atoms with Crippen molar-refractivity contribution in [3.63, 3.8) is 0 Å². The summed E-state index contributed by atoms with van der Waals surface area (Å²) >= 11 is 1.43. The fourth-order valence-corrected chi connectivity index (χ4v) is 4.24. The summed E-state index contributed by atoms with van der Waals surface area (Å²) in [5.41, 5.74) is 2.80. The van der Waals surface area contributed by atoms with E-state index < -0.39 is 0 Å². The number of benzene rings is 2. The molecule has 0 saturated heterocycles. The van der Waals surface area contributed by atoms with E-state index in [9.17, 15) is 9.59 Å². The van der Waals surface area contributed by atoms with Crippen LogP contribution in [0.25, 0.3) is 5.57 Å². The summed E-state index contributed by atoms with van der Waals surface area (Å²) in [7, 11) is 3.84. The Morgan fingerprint density at radius 3 is 2.34 bits per heavy atom. The van der Waals surface area contributed by atoms with E-state index in [-0.39, 0.29) is 23.6 Å². The molecule has 4 rings (SSSR count). The topological polar surface area (TPSA) is 61.9 Å². The third kappa shape index (κ3) is 4.24. The van der Waals surface area contributed by atoms with Crippen molar-refractivity contribution < 1.29 is 14.3 Å². The molecular weight excluding hydrogens is 422 g/mol. The molecular formula is C25H25N3O3S. The first-order valence-electron chi connectivity index (χ1n) is 10.3. The Kier molecular flexibility index (Phi) is 6.01. The molecule has 0 fully saturated rings. The van der Waals surface area contributed by atoms with Crippen LogP contribution in [0.3, 0.4) is 0 Å². The Balaban J connectivity index is 1.70. The Labute approximate surface area is 191 Å². The SMILES string of the molecule is CC(C)Oc1ccc(NC2=C(c3cccs3)C(=O)N(c3cccc(N(C)C)c3)C2=O)cc1. The molecule has 32 heavy (non-hydrogen) atoms. The van der Waals surface area contributed by atoms with Gasteiger partial charge in [0.15, 0.2) is 0 Å². The lowest BCUT2D eigenvalue weighted by Crippen LogP contribution is -2.32. The van der Waals surface area contributed by atoms with Crippen molar-refractivity contribution in [1.82, 2.24) is 0 Å². The summed E-state index contributed by atoms with van der Waals surface area (Å²) < 4.78 is 5.69. The minimum Gasteiger partial charge on any atom is -0.491 e. The minimum absolute atomic E-state index is 0.0717. The molecule has 1 aliphatic heterocycles. The maximum atomic E-state index is 13.5. The van der Waals surface area contributed by atoms with Gasteiger partial charge in [0.25, 0.3) is 11.8 Å². The number of amides is 2. The second-order valence-corrected chi connectivity index (χ2v) is 8.85. The van der Waals surface area contributed by atoms with Gasteiger partial charge < -0.3 is 15.0 Å². The Morgan fingerprint density at radius 1 is 0.969 bits per heavy atom. The fourth-order valence-electron chi connectivity index (χ4n) is 3.47. The zero-order valence-corrected chi connectivity index (χ0v) is 19.3. The van der Waals surface area contributed by atoms with Gasteiger partial charge in [-0.05, 0) is 67.8 Å². The zero-order chi connectivity index (χ0) is 22.8. The van der Waals surface area contributed by atoms with Crippen molar-refractivity contribution >= 4 is 45.8 Å². The van der Waals surface area contributed by atoms with Crippen LogP contribution < -0.4 is 19.9 Å². The van der Waals surface area contributed by atoms with Crippen LogP contribution in [0.1, 0.15) is 18.7 Å². The number of hydrogen-bond donors (Lipinski definition) is 1. The molecule has 0 atom stereocenters. The van der Waals surface area contributed by atoms with E-state index in [1.807, 2.05) is 92.8 Å². The molecule has 2 amide bonds. The summed E-state index contributed by atoms with van der Waals surface area (Å²) in [6.07, 6.45) is 0.0717. The molecule has 0 saturated carbocycles. The first-order valence-corrected chi connectivity index (χ1v) is 11.2. The molecule has 0 spiro atoms. The molecule has 0 unspecified atom stereocenters. The lowest BCUT2D eigenvalue weighted by Gasteiger charge is -2.19. The van der Waals surface area contributed by atoms with Crippen LogP contribution in [0, 0.1) is 0 Å². The van der Waals surface area contributed by atoms with Gasteiger partial charge in [-0.15, -0.1) is 11.3 Å². The summed E-state index contributed by atoms with van der Waals surface area (Å²) in [6.45, 7) is 3.93. The van der Waals surface area contributed by atoms with Gasteiger partial charge in [0.2, 0.25) is 0 Å². The highest BCUT2D eigenvalue weighted by molar-refractivity contribution is 7.11. The third-order valence-corrected chi connectivity index (χ3v) is 5.84. The van der Waals surface area contributed by atoms with Crippen LogP contribution in [-0.4, -0.2) is 32.0 Å². The molecule has 2 heterocycles. The van der Waals surface area contributed by atoms with Crippen molar-refractivity contribution in [2.45, 2.75) is 20.0 Å². The monoisotopic (exact) mass is 447 g/mol. The molecule has 7 heteroatoms. The maximum Gasteiger partial charge on any atom is 0.282 e. The zero-order valence-electron chi connectivity index (χ0n) is 18.5. The van der Waals surface area contributed by atoms with Crippen molar-refractivity contribution in [2.24, 2.45) is 0 Å². The van der Waals surface area contributed by atoms with Crippen molar-refractivity contribution in [2.75, 3.05) is 29.2 Å². The summed E-state index contributed by atoms with van der Waals surface area (Å²) in [5.74, 6) is 0.0291. The number of carbonyl (C=O) groups excluding carboxylic acids is 2. The molecule has 3 aromatic rings. The van der Waals surface area contributed by atoms with Crippen LogP contribution in [0.2, 0.25) is 0 Å². The first kappa shape index (κ1) is 21.6. The van der Waals surface area contributed by atoms with Crippen molar-refractivity contribution in [3.8, 4) is 5.75 Å². The predicted molar refractivity (Wildman–Crippen MR) is 130 cm³/mol. The molecule has 0 radical (unpaired) electrons. The van der Waals surface area contributed by atoms with Crippen molar-refractivity contribution in [3.05, 3.63) is 76.6 Å². The Hall–Kier alpha value is -3.58. The average Bonchev–Trinajstić information content (AvgIpc) is 3.36. The number of ether oxygens (including phenoxy) is 1. The van der Waals surface area contributed by atoms with Crippen LogP contribution in [0.15, 0.2) is 71.7 Å². The van der Waals surface area contributed by atoms with Gasteiger partial charge in [-0.1, -0.05) is 12.1 Å². The number of hydrogen-bond acceptors (Lipinski definition) is 6. The second-order valence-electron chi connectivity index (χ2n) is 7.90. The largest absolute Gasteiger partial charge is 0.491 e. The average molecular weight is 448 g/mol. The number of imide groups is 1. The highest BCUT2D eigenvalue weighted by Crippen LogP contribution is 2.36. The molecule has 1 aliphatic rings. The molecule has 1 N–H and O–H groups in total. The number of anilines is 3. The summed E-state index contributed by atoms with van der Waals surface area (Å²) in [5, 5.41) is 5.08. The van der Waals surface area contributed by atoms with Crippen molar-refractivity contribution in [1.29, 1.82) is 0 Å². The van der Waals surface area contributed by atoms with E-state index in [2.05, 4.69) is 5.32 Å². The van der Waals surface area contributed by atoms with Gasteiger partial charge in [-0.3, -0.25) is 9.59 Å². The molecule has 6 nitrogen and oxygen atoms in total. The molecule has 164 valence electrons. The van der Waals surface area contributed by atoms with Crippen LogP contribution in [0.4, 0.5) is 17.1 Å². The second kappa shape index (κ2) is 8.88. The molecule has 0 aliphatic carbocycles. The van der Waals surface area contributed by atoms with Gasteiger partial charge in [-0.2, -0.15) is 0 Å². The fraction of sp³-hybridized carbons (Fsp3) is 0.200. The Morgan fingerprint density at radius 2 is 1.72 bits per heavy atom. The van der Waals surface area contributed by atoms with Crippen LogP contribution >= 0.6 is 11.3 Å². The van der Waals surface area contributed by atoms with E-state index in [4.69, 9.17) is 4.74 Å². The number of thiophene rings is 1. The van der Waals surface area contributed by atoms with E-state index in [0.717, 1.165) is 16.3 Å². The van der Waals surface area contributed by atoms with E-state index in [1.165, 1.54) is 16.2 Å². The van der Waals surface area contributed by atoms with Crippen LogP contribution in [0.5, 0.6) is 5.75 Å². The maximum absolute atomic E-state index is 13.5. The van der Waals surface area contributed by atoms with Gasteiger partial charge >= 0.3 is 0 Å². The molecule has 1 aromatic heterocycles. The highest BCUT2D eigenvalue weighted by Gasteiger charge is 2.40. The normalized spacial score (nSPS) is 13.8. The number of rotatable bonds is 7. The lowest BCUT2D eigenvalue weighted by molar-refractivity contribution is -0.120. The number of nitrogens with one attached hydrogen (secondary N) is 1. The van der Waals surface area contributed by atoms with Gasteiger partial charge in [-0.25, -0.2) is 4.90 Å². The van der Waals surface area contributed by atoms with E-state index >= 15 is 0 Å². The van der Waals surface area contributed by atoms with Gasteiger partial charge in [0.05, 0.1) is 17.4 Å². The third-order valence-electron chi connectivity index (χ3n) is 4.95. The lowest BCUT2D eigenvalue weighted by atomic mass is 10.2. The summed E-state index contributed by atoms with van der Waals surface area (Å²) in [6, 6.07) is 18.5. The minimum atomic E-state index is -0.378. The first-order chi connectivity index (χ1) is 15.3. The van der Waals surface area contributed by atoms with E-state index in [1.54, 1.807) is 6.07 Å². The van der Waals surface area contributed by atoms with Gasteiger partial charge in [0.1, 0.15) is 11.4 Å². The van der Waals surface area contributed by atoms with Crippen LogP contribution in [-0.2, 0) is 9.59 Å². The summed E-state index contributed by atoms with van der Waals surface area (Å²) in [4.78, 5) is 30.8. The molecule has 0 bridgehead atoms. The van der Waals surface area contributed by atoms with E-state index in [0.29, 0.717) is 16.9 Å².